The van der Waals surface area contributed by atoms with Crippen molar-refractivity contribution in [3.63, 3.8) is 0 Å². The van der Waals surface area contributed by atoms with Crippen molar-refractivity contribution in [1.82, 2.24) is 4.90 Å². The van der Waals surface area contributed by atoms with Crippen molar-refractivity contribution in [2.24, 2.45) is 5.73 Å². The molecule has 1 unspecified atom stereocenters. The Balaban J connectivity index is 0.000000348. The van der Waals surface area contributed by atoms with Crippen LogP contribution in [-0.4, -0.2) is 145 Å². The molecular weight excluding hydrogens is 1410 g/mol. The number of nitrogens with zero attached hydrogens (tertiary/aromatic N) is 1. The van der Waals surface area contributed by atoms with E-state index in [9.17, 15) is 14.7 Å². The Kier molecular flexibility index (Phi) is 55.8. The SMILES string of the molecule is CCCOc1cccc(OCC(O)c2ccccc2)c1.CCCOc1cccc(OCCCC(=O)N(C)C)c1.CCCOc1cccc(OCCCC(N)=O)c1.CCCOc1cccc(OCCCCCO)c1.CCCOc1cccc(OCCCCCOCc2ccccc2)c1.CCCOc1cccc(OCCO)c1. The third kappa shape index (κ3) is 49.8. The van der Waals surface area contributed by atoms with Gasteiger partial charge in [-0.15, -0.1) is 0 Å². The molecule has 111 heavy (non-hydrogen) atoms. The van der Waals surface area contributed by atoms with Crippen molar-refractivity contribution in [1.29, 1.82) is 0 Å². The van der Waals surface area contributed by atoms with Gasteiger partial charge in [0.2, 0.25) is 11.8 Å². The van der Waals surface area contributed by atoms with Gasteiger partial charge in [0.05, 0.1) is 79.3 Å². The van der Waals surface area contributed by atoms with E-state index in [1.165, 1.54) is 5.56 Å². The number of aliphatic hydroxyl groups excluding tert-OH is 3. The average molecular weight is 1540 g/mol. The van der Waals surface area contributed by atoms with Crippen molar-refractivity contribution in [2.75, 3.05) is 113 Å². The normalized spacial score (nSPS) is 10.5. The Morgan fingerprint density at radius 1 is 0.324 bits per heavy atom. The van der Waals surface area contributed by atoms with E-state index >= 15 is 0 Å². The highest BCUT2D eigenvalue weighted by Gasteiger charge is 2.10. The van der Waals surface area contributed by atoms with Crippen LogP contribution in [0.25, 0.3) is 0 Å². The Morgan fingerprint density at radius 2 is 0.613 bits per heavy atom. The molecule has 0 aliphatic carbocycles. The number of rotatable bonds is 50. The molecule has 0 bridgehead atoms. The van der Waals surface area contributed by atoms with Crippen molar-refractivity contribution in [3.8, 4) is 69.0 Å². The van der Waals surface area contributed by atoms with Gasteiger partial charge in [-0.1, -0.05) is 139 Å². The summed E-state index contributed by atoms with van der Waals surface area (Å²) in [6.07, 6.45) is 13.6. The number of unbranched alkanes of at least 4 members (excludes halogenated alkanes) is 4. The minimum Gasteiger partial charge on any atom is -0.493 e. The number of nitrogens with two attached hydrogens (primary N) is 1. The minimum atomic E-state index is -0.628. The van der Waals surface area contributed by atoms with Crippen LogP contribution in [0.15, 0.2) is 206 Å². The molecule has 0 aliphatic rings. The lowest BCUT2D eigenvalue weighted by Crippen LogP contribution is -2.21. The van der Waals surface area contributed by atoms with Gasteiger partial charge in [-0.25, -0.2) is 0 Å². The molecule has 0 aliphatic heterocycles. The van der Waals surface area contributed by atoms with E-state index in [0.717, 1.165) is 179 Å². The predicted octanol–water partition coefficient (Wildman–Crippen LogP) is 18.5. The molecule has 1 atom stereocenters. The molecule has 0 aromatic heterocycles. The number of aliphatic hydroxyl groups is 3. The fraction of sp³-hybridized carbons (Fsp3) is 0.451. The van der Waals surface area contributed by atoms with Gasteiger partial charge in [0.15, 0.2) is 0 Å². The van der Waals surface area contributed by atoms with Crippen molar-refractivity contribution >= 4 is 11.8 Å². The van der Waals surface area contributed by atoms with Crippen molar-refractivity contribution < 1.29 is 86.5 Å². The lowest BCUT2D eigenvalue weighted by molar-refractivity contribution is -0.128. The summed E-state index contributed by atoms with van der Waals surface area (Å²) in [5.41, 5.74) is 7.12. The Morgan fingerprint density at radius 3 is 0.928 bits per heavy atom. The maximum Gasteiger partial charge on any atom is 0.222 e. The first kappa shape index (κ1) is 95.3. The molecule has 0 spiro atoms. The number of hydrogen-bond acceptors (Lipinski definition) is 18. The second-order valence-corrected chi connectivity index (χ2v) is 25.5. The maximum absolute atomic E-state index is 11.4. The van der Waals surface area contributed by atoms with Gasteiger partial charge in [-0.2, -0.15) is 0 Å². The number of ether oxygens (including phenoxy) is 13. The van der Waals surface area contributed by atoms with Gasteiger partial charge < -0.3 is 87.5 Å². The number of carbonyl (C=O) groups is 2. The highest BCUT2D eigenvalue weighted by Crippen LogP contribution is 2.26. The minimum absolute atomic E-state index is 0.0278. The van der Waals surface area contributed by atoms with E-state index in [2.05, 4.69) is 53.7 Å². The molecular formula is C91H128N2O18. The van der Waals surface area contributed by atoms with Crippen LogP contribution >= 0.6 is 0 Å². The van der Waals surface area contributed by atoms with Gasteiger partial charge in [-0.05, 0) is 174 Å². The Labute approximate surface area is 662 Å². The summed E-state index contributed by atoms with van der Waals surface area (Å²) in [7, 11) is 3.52. The van der Waals surface area contributed by atoms with Gasteiger partial charge in [-0.3, -0.25) is 9.59 Å². The number of carbonyl (C=O) groups excluding carboxylic acids is 2. The number of primary amides is 1. The van der Waals surface area contributed by atoms with Crippen LogP contribution in [0, 0.1) is 0 Å². The molecule has 0 fully saturated rings. The molecule has 8 rings (SSSR count). The highest BCUT2D eigenvalue weighted by atomic mass is 16.5. The fourth-order valence-electron chi connectivity index (χ4n) is 9.44. The predicted molar refractivity (Wildman–Crippen MR) is 442 cm³/mol. The topological polar surface area (TPSA) is 244 Å². The van der Waals surface area contributed by atoms with Crippen LogP contribution in [0.2, 0.25) is 0 Å². The van der Waals surface area contributed by atoms with Gasteiger partial charge in [0, 0.05) is 76.5 Å². The first-order valence-corrected chi connectivity index (χ1v) is 39.4. The average Bonchev–Trinajstić information content (AvgIpc) is 0.902. The van der Waals surface area contributed by atoms with E-state index < -0.39 is 6.10 Å². The molecule has 5 N–H and O–H groups in total. The van der Waals surface area contributed by atoms with Crippen LogP contribution in [0.1, 0.15) is 162 Å². The smallest absolute Gasteiger partial charge is 0.222 e. The monoisotopic (exact) mass is 1540 g/mol. The van der Waals surface area contributed by atoms with E-state index in [1.54, 1.807) is 19.0 Å². The zero-order chi connectivity index (χ0) is 80.3. The summed E-state index contributed by atoms with van der Waals surface area (Å²) in [5.74, 6) is 9.49. The molecule has 0 saturated heterocycles. The maximum atomic E-state index is 11.4. The lowest BCUT2D eigenvalue weighted by atomic mass is 10.1. The Bertz CT molecular complexity index is 3530. The van der Waals surface area contributed by atoms with Crippen molar-refractivity contribution in [2.45, 2.75) is 157 Å². The standard InChI is InChI=1S/C21H28O3.C17H20O3.C15H23NO3.C14H22O3.C13H19NO3.C11H16O3/c1-2-14-23-20-12-9-13-21(17-20)24-16-8-4-7-15-22-18-19-10-5-3-6-11-19;1-2-11-19-15-9-6-10-16(12-15)20-13-17(18)14-7-4-3-5-8-14;1-4-10-18-13-7-5-8-14(12-13)19-11-6-9-15(17)16(2)3;1-2-10-16-13-7-6-8-14(12-13)17-11-5-3-4-9-15;1-2-8-16-11-5-3-6-12(10-11)17-9-4-7-13(14)15;1-2-7-13-10-4-3-5-11(9-10)14-8-6-12/h3,5-6,9-13,17H,2,4,7-8,14-16,18H2,1H3;3-10,12,17-18H,2,11,13H2,1H3;5,7-8,12H,4,6,9-11H2,1-3H3;6-8,12,15H,2-5,9-11H2,1H3;3,5-6,10H,2,4,7-9H2,1H3,(H2,14,15);3-5,9,12H,2,6-8H2,1H3. The molecule has 8 aromatic carbocycles. The van der Waals surface area contributed by atoms with Gasteiger partial charge in [0.25, 0.3) is 0 Å². The zero-order valence-corrected chi connectivity index (χ0v) is 67.3. The lowest BCUT2D eigenvalue weighted by Gasteiger charge is -2.13. The molecule has 0 heterocycles. The molecule has 2 amide bonds. The second kappa shape index (κ2) is 64.9. The fourth-order valence-corrected chi connectivity index (χ4v) is 9.44. The summed E-state index contributed by atoms with van der Waals surface area (Å²) in [6, 6.07) is 65.4. The van der Waals surface area contributed by atoms with Crippen molar-refractivity contribution in [3.05, 3.63) is 217 Å². The Hall–Kier alpha value is -9.86. The first-order valence-electron chi connectivity index (χ1n) is 39.4. The largest absolute Gasteiger partial charge is 0.493 e. The number of benzene rings is 8. The summed E-state index contributed by atoms with van der Waals surface area (Å²) in [6.45, 7) is 21.5. The second-order valence-electron chi connectivity index (χ2n) is 25.5. The number of amides is 2. The van der Waals surface area contributed by atoms with E-state index in [1.807, 2.05) is 194 Å². The molecule has 20 heteroatoms. The third-order valence-corrected chi connectivity index (χ3v) is 15.1. The molecule has 8 aromatic rings. The quantitative estimate of drug-likeness (QED) is 0.0259. The summed E-state index contributed by atoms with van der Waals surface area (Å²) in [4.78, 5) is 23.5. The van der Waals surface area contributed by atoms with Crippen LogP contribution in [0.5, 0.6) is 69.0 Å². The zero-order valence-electron chi connectivity index (χ0n) is 67.3. The van der Waals surface area contributed by atoms with E-state index in [0.29, 0.717) is 84.5 Å². The highest BCUT2D eigenvalue weighted by molar-refractivity contribution is 5.75. The van der Waals surface area contributed by atoms with Crippen LogP contribution < -0.4 is 62.6 Å². The third-order valence-electron chi connectivity index (χ3n) is 15.1. The van der Waals surface area contributed by atoms with Crippen LogP contribution in [0.4, 0.5) is 0 Å². The summed E-state index contributed by atoms with van der Waals surface area (Å²) < 4.78 is 72.2. The van der Waals surface area contributed by atoms with E-state index in [4.69, 9.17) is 77.5 Å². The van der Waals surface area contributed by atoms with Crippen LogP contribution in [0.3, 0.4) is 0 Å². The molecule has 20 nitrogen and oxygen atoms in total. The number of hydrogen-bond donors (Lipinski definition) is 4. The molecule has 610 valence electrons. The van der Waals surface area contributed by atoms with Crippen LogP contribution in [-0.2, 0) is 20.9 Å². The molecule has 0 saturated carbocycles. The van der Waals surface area contributed by atoms with Gasteiger partial charge in [0.1, 0.15) is 88.3 Å². The first-order chi connectivity index (χ1) is 54.3. The van der Waals surface area contributed by atoms with E-state index in [-0.39, 0.29) is 31.6 Å². The summed E-state index contributed by atoms with van der Waals surface area (Å²) in [5, 5.41) is 27.3. The summed E-state index contributed by atoms with van der Waals surface area (Å²) >= 11 is 0. The van der Waals surface area contributed by atoms with Gasteiger partial charge >= 0.3 is 0 Å². The molecule has 0 radical (unpaired) electrons.